The van der Waals surface area contributed by atoms with E-state index in [1.54, 1.807) is 25.3 Å². The van der Waals surface area contributed by atoms with Crippen molar-refractivity contribution in [2.75, 3.05) is 29.5 Å². The molecule has 9 nitrogen and oxygen atoms in total. The molecule has 178 valence electrons. The first kappa shape index (κ1) is 22.1. The van der Waals surface area contributed by atoms with E-state index in [0.29, 0.717) is 54.6 Å². The molecule has 3 aromatic rings. The number of amides is 1. The molecule has 0 bridgehead atoms. The molecule has 10 heteroatoms. The van der Waals surface area contributed by atoms with E-state index in [0.717, 1.165) is 11.3 Å². The van der Waals surface area contributed by atoms with Crippen LogP contribution < -0.4 is 21.1 Å². The highest BCUT2D eigenvalue weighted by atomic mass is 19.1. The Hall–Kier alpha value is -3.66. The van der Waals surface area contributed by atoms with Crippen molar-refractivity contribution in [2.45, 2.75) is 44.8 Å². The minimum atomic E-state index is -0.824. The molecule has 1 fully saturated rings. The van der Waals surface area contributed by atoms with E-state index in [-0.39, 0.29) is 23.2 Å². The van der Waals surface area contributed by atoms with E-state index in [2.05, 4.69) is 20.6 Å². The second kappa shape index (κ2) is 8.28. The summed E-state index contributed by atoms with van der Waals surface area (Å²) in [4.78, 5) is 20.8. The Labute approximate surface area is 195 Å². The number of hydrogen-bond donors (Lipinski definition) is 4. The quantitative estimate of drug-likeness (QED) is 0.425. The second-order valence-electron chi connectivity index (χ2n) is 9.09. The normalized spacial score (nSPS) is 21.5. The Bertz CT molecular complexity index is 1300. The smallest absolute Gasteiger partial charge is 0.413 e. The zero-order valence-corrected chi connectivity index (χ0v) is 18.9. The summed E-state index contributed by atoms with van der Waals surface area (Å²) < 4.78 is 26.3. The minimum Gasteiger partial charge on any atom is -0.474 e. The first-order valence-electron chi connectivity index (χ1n) is 11.2. The van der Waals surface area contributed by atoms with E-state index < -0.39 is 17.5 Å². The monoisotopic (exact) mass is 467 g/mol. The van der Waals surface area contributed by atoms with Crippen LogP contribution in [0.1, 0.15) is 31.7 Å². The summed E-state index contributed by atoms with van der Waals surface area (Å²) in [6.45, 7) is 4.74. The van der Waals surface area contributed by atoms with E-state index >= 15 is 4.39 Å². The van der Waals surface area contributed by atoms with Gasteiger partial charge in [-0.15, -0.1) is 0 Å². The number of rotatable bonds is 3. The van der Waals surface area contributed by atoms with Gasteiger partial charge in [-0.25, -0.2) is 19.2 Å². The molecule has 5 rings (SSSR count). The molecule has 1 aliphatic carbocycles. The van der Waals surface area contributed by atoms with Crippen LogP contribution in [0.15, 0.2) is 24.5 Å². The molecule has 3 heterocycles. The number of nitrogen functional groups attached to an aromatic ring is 1. The van der Waals surface area contributed by atoms with Crippen LogP contribution in [0.3, 0.4) is 0 Å². The minimum absolute atomic E-state index is 0.0383. The number of benzene rings is 1. The van der Waals surface area contributed by atoms with E-state index in [1.165, 1.54) is 6.20 Å². The Morgan fingerprint density at radius 2 is 2.18 bits per heavy atom. The molecule has 34 heavy (non-hydrogen) atoms. The number of aliphatic hydroxyl groups is 1. The maximum Gasteiger partial charge on any atom is 0.413 e. The standard InChI is InChI=1S/C24H26FN5O4/c1-12-16(10-29-22-21(12)27-5-6-33-22)15-7-13-8-18(28-11-17(13)20(26)19(15)25)30-23(31)34-14-3-4-24(2,32)9-14/h7-8,10-11,14,27,32H,3-6,9,26H2,1-2H3,(H,28,30,31)/t14-,24+/m1/s1. The number of carbonyl (C=O) groups excluding carboxylic acids is 1. The van der Waals surface area contributed by atoms with Crippen LogP contribution in [0.25, 0.3) is 21.9 Å². The molecule has 1 aliphatic heterocycles. The van der Waals surface area contributed by atoms with Gasteiger partial charge in [0.15, 0.2) is 5.82 Å². The number of carbonyl (C=O) groups is 1. The molecule has 2 aliphatic rings. The number of ether oxygens (including phenoxy) is 2. The van der Waals surface area contributed by atoms with Gasteiger partial charge < -0.3 is 25.6 Å². The van der Waals surface area contributed by atoms with Crippen molar-refractivity contribution in [2.24, 2.45) is 0 Å². The van der Waals surface area contributed by atoms with Gasteiger partial charge in [0.05, 0.1) is 11.3 Å². The molecule has 2 aromatic heterocycles. The van der Waals surface area contributed by atoms with Gasteiger partial charge in [-0.05, 0) is 49.8 Å². The van der Waals surface area contributed by atoms with Crippen LogP contribution in [-0.2, 0) is 4.74 Å². The van der Waals surface area contributed by atoms with Gasteiger partial charge >= 0.3 is 6.09 Å². The fraction of sp³-hybridized carbons (Fsp3) is 0.375. The third-order valence-corrected chi connectivity index (χ3v) is 6.41. The Morgan fingerprint density at radius 1 is 1.35 bits per heavy atom. The lowest BCUT2D eigenvalue weighted by atomic mass is 9.97. The SMILES string of the molecule is Cc1c(-c2cc3cc(NC(=O)O[C@@H]4CC[C@](C)(O)C4)ncc3c(N)c2F)cnc2c1NCCO2. The number of pyridine rings is 2. The fourth-order valence-electron chi connectivity index (χ4n) is 4.61. The number of halogens is 1. The summed E-state index contributed by atoms with van der Waals surface area (Å²) in [5.74, 6) is 0.165. The van der Waals surface area contributed by atoms with Crippen molar-refractivity contribution in [1.82, 2.24) is 9.97 Å². The Kier molecular flexibility index (Phi) is 5.40. The summed E-state index contributed by atoms with van der Waals surface area (Å²) >= 11 is 0. The van der Waals surface area contributed by atoms with Crippen LogP contribution in [0, 0.1) is 12.7 Å². The summed E-state index contributed by atoms with van der Waals surface area (Å²) in [6, 6.07) is 3.27. The van der Waals surface area contributed by atoms with Crippen molar-refractivity contribution >= 4 is 34.1 Å². The van der Waals surface area contributed by atoms with Crippen LogP contribution in [0.2, 0.25) is 0 Å². The van der Waals surface area contributed by atoms with Gasteiger partial charge in [0, 0.05) is 41.9 Å². The molecule has 0 radical (unpaired) electrons. The van der Waals surface area contributed by atoms with Crippen molar-refractivity contribution in [1.29, 1.82) is 0 Å². The lowest BCUT2D eigenvalue weighted by molar-refractivity contribution is 0.0453. The van der Waals surface area contributed by atoms with Gasteiger partial charge in [0.25, 0.3) is 0 Å². The fourth-order valence-corrected chi connectivity index (χ4v) is 4.61. The van der Waals surface area contributed by atoms with Crippen LogP contribution in [-0.4, -0.2) is 46.0 Å². The molecule has 0 saturated heterocycles. The van der Waals surface area contributed by atoms with Gasteiger partial charge in [0.1, 0.15) is 24.2 Å². The molecular formula is C24H26FN5O4. The number of fused-ring (bicyclic) bond motifs is 2. The predicted octanol–water partition coefficient (Wildman–Crippen LogP) is 3.98. The molecule has 1 amide bonds. The number of nitrogens with two attached hydrogens (primary N) is 1. The largest absolute Gasteiger partial charge is 0.474 e. The van der Waals surface area contributed by atoms with Gasteiger partial charge in [-0.3, -0.25) is 5.32 Å². The van der Waals surface area contributed by atoms with Crippen molar-refractivity contribution < 1.29 is 23.8 Å². The maximum absolute atomic E-state index is 15.3. The van der Waals surface area contributed by atoms with E-state index in [1.807, 2.05) is 6.92 Å². The summed E-state index contributed by atoms with van der Waals surface area (Å²) in [5, 5.41) is 16.9. The molecule has 1 saturated carbocycles. The highest BCUT2D eigenvalue weighted by molar-refractivity contribution is 5.99. The molecule has 0 unspecified atom stereocenters. The zero-order valence-electron chi connectivity index (χ0n) is 18.9. The first-order chi connectivity index (χ1) is 16.2. The van der Waals surface area contributed by atoms with Crippen LogP contribution in [0.5, 0.6) is 5.88 Å². The zero-order chi connectivity index (χ0) is 24.0. The third-order valence-electron chi connectivity index (χ3n) is 6.41. The van der Waals surface area contributed by atoms with Gasteiger partial charge in [0.2, 0.25) is 5.88 Å². The lowest BCUT2D eigenvalue weighted by Crippen LogP contribution is -2.24. The number of nitrogens with zero attached hydrogens (tertiary/aromatic N) is 2. The van der Waals surface area contributed by atoms with E-state index in [9.17, 15) is 9.90 Å². The van der Waals surface area contributed by atoms with Crippen LogP contribution >= 0.6 is 0 Å². The van der Waals surface area contributed by atoms with Crippen molar-refractivity contribution in [3.63, 3.8) is 0 Å². The highest BCUT2D eigenvalue weighted by Crippen LogP contribution is 2.39. The molecule has 5 N–H and O–H groups in total. The summed E-state index contributed by atoms with van der Waals surface area (Å²) in [7, 11) is 0. The highest BCUT2D eigenvalue weighted by Gasteiger charge is 2.35. The number of hydrogen-bond acceptors (Lipinski definition) is 8. The average Bonchev–Trinajstić information content (AvgIpc) is 3.14. The van der Waals surface area contributed by atoms with E-state index in [4.69, 9.17) is 15.2 Å². The van der Waals surface area contributed by atoms with Crippen molar-refractivity contribution in [3.05, 3.63) is 35.9 Å². The number of nitrogens with one attached hydrogen (secondary N) is 2. The first-order valence-corrected chi connectivity index (χ1v) is 11.2. The topological polar surface area (TPSA) is 132 Å². The number of aromatic nitrogens is 2. The maximum atomic E-state index is 15.3. The predicted molar refractivity (Wildman–Crippen MR) is 126 cm³/mol. The Balaban J connectivity index is 1.45. The molecule has 1 aromatic carbocycles. The molecule has 2 atom stereocenters. The second-order valence-corrected chi connectivity index (χ2v) is 9.09. The molecule has 0 spiro atoms. The average molecular weight is 468 g/mol. The lowest BCUT2D eigenvalue weighted by Gasteiger charge is -2.22. The molecular weight excluding hydrogens is 441 g/mol. The Morgan fingerprint density at radius 3 is 2.94 bits per heavy atom. The third kappa shape index (κ3) is 4.05. The van der Waals surface area contributed by atoms with Crippen LogP contribution in [0.4, 0.5) is 26.4 Å². The summed E-state index contributed by atoms with van der Waals surface area (Å²) in [5.41, 5.74) is 7.66. The number of anilines is 3. The summed E-state index contributed by atoms with van der Waals surface area (Å²) in [6.07, 6.45) is 3.53. The van der Waals surface area contributed by atoms with Gasteiger partial charge in [-0.1, -0.05) is 0 Å². The van der Waals surface area contributed by atoms with Gasteiger partial charge in [-0.2, -0.15) is 0 Å². The van der Waals surface area contributed by atoms with Crippen molar-refractivity contribution in [3.8, 4) is 17.0 Å².